The topological polar surface area (TPSA) is 67.4 Å². The molecule has 1 aliphatic rings. The molecular formula is C16H21N5O2S. The van der Waals surface area contributed by atoms with Gasteiger partial charge in [0, 0.05) is 44.9 Å². The van der Waals surface area contributed by atoms with Crippen molar-refractivity contribution < 1.29 is 4.92 Å². The van der Waals surface area contributed by atoms with E-state index in [1.807, 2.05) is 16.8 Å². The third kappa shape index (κ3) is 3.95. The molecule has 3 rings (SSSR count). The Morgan fingerprint density at radius 1 is 1.25 bits per heavy atom. The number of hydrogen-bond acceptors (Lipinski definition) is 6. The zero-order valence-electron chi connectivity index (χ0n) is 13.6. The van der Waals surface area contributed by atoms with E-state index < -0.39 is 0 Å². The third-order valence-electron chi connectivity index (χ3n) is 4.36. The molecule has 0 amide bonds. The number of thiol groups is 1. The van der Waals surface area contributed by atoms with Gasteiger partial charge in [-0.25, -0.2) is 4.98 Å². The second-order valence-corrected chi connectivity index (χ2v) is 6.54. The fourth-order valence-corrected chi connectivity index (χ4v) is 3.14. The van der Waals surface area contributed by atoms with Crippen LogP contribution in [0.15, 0.2) is 35.6 Å². The number of non-ortho nitro benzene ring substituents is 1. The number of nitro benzene ring substituents is 1. The van der Waals surface area contributed by atoms with E-state index in [0.717, 1.165) is 44.0 Å². The summed E-state index contributed by atoms with van der Waals surface area (Å²) in [4.78, 5) is 19.6. The van der Waals surface area contributed by atoms with Crippen molar-refractivity contribution in [3.05, 3.63) is 51.8 Å². The summed E-state index contributed by atoms with van der Waals surface area (Å²) in [5.74, 6) is 0. The van der Waals surface area contributed by atoms with Crippen LogP contribution in [0, 0.1) is 10.1 Å². The molecule has 1 saturated heterocycles. The fourth-order valence-electron chi connectivity index (χ4n) is 2.88. The van der Waals surface area contributed by atoms with Gasteiger partial charge in [0.25, 0.3) is 5.69 Å². The Labute approximate surface area is 146 Å². The Kier molecular flexibility index (Phi) is 5.17. The van der Waals surface area contributed by atoms with E-state index in [2.05, 4.69) is 34.5 Å². The van der Waals surface area contributed by atoms with E-state index in [4.69, 9.17) is 0 Å². The summed E-state index contributed by atoms with van der Waals surface area (Å²) in [6.07, 6.45) is 1.85. The highest BCUT2D eigenvalue weighted by Gasteiger charge is 2.17. The van der Waals surface area contributed by atoms with Crippen LogP contribution in [0.4, 0.5) is 5.69 Å². The molecule has 1 aliphatic heterocycles. The molecule has 0 radical (unpaired) electrons. The predicted molar refractivity (Wildman–Crippen MR) is 94.5 cm³/mol. The molecule has 0 saturated carbocycles. The van der Waals surface area contributed by atoms with Crippen LogP contribution < -0.4 is 0 Å². The van der Waals surface area contributed by atoms with Crippen LogP contribution in [0.5, 0.6) is 0 Å². The highest BCUT2D eigenvalue weighted by Crippen LogP contribution is 2.18. The minimum absolute atomic E-state index is 0.106. The van der Waals surface area contributed by atoms with E-state index in [0.29, 0.717) is 11.7 Å². The SMILES string of the molecule is CN1CCN(Cc2cnc(S)n2Cc2cccc([N+](=O)[O-])c2)CC1. The van der Waals surface area contributed by atoms with Gasteiger partial charge in [-0.3, -0.25) is 15.0 Å². The van der Waals surface area contributed by atoms with Crippen molar-refractivity contribution in [2.45, 2.75) is 18.2 Å². The van der Waals surface area contributed by atoms with Gasteiger partial charge in [0.2, 0.25) is 0 Å². The lowest BCUT2D eigenvalue weighted by molar-refractivity contribution is -0.384. The highest BCUT2D eigenvalue weighted by atomic mass is 32.1. The van der Waals surface area contributed by atoms with Crippen LogP contribution >= 0.6 is 12.6 Å². The summed E-state index contributed by atoms with van der Waals surface area (Å²) < 4.78 is 2.01. The van der Waals surface area contributed by atoms with E-state index >= 15 is 0 Å². The van der Waals surface area contributed by atoms with Gasteiger partial charge in [-0.1, -0.05) is 12.1 Å². The van der Waals surface area contributed by atoms with Crippen LogP contribution in [0.2, 0.25) is 0 Å². The first-order valence-corrected chi connectivity index (χ1v) is 8.35. The average Bonchev–Trinajstić information content (AvgIpc) is 2.90. The lowest BCUT2D eigenvalue weighted by Gasteiger charge is -2.32. The molecule has 8 heteroatoms. The maximum atomic E-state index is 10.9. The minimum Gasteiger partial charge on any atom is -0.318 e. The molecule has 1 aromatic carbocycles. The molecule has 0 N–H and O–H groups in total. The van der Waals surface area contributed by atoms with Crippen molar-refractivity contribution >= 4 is 18.3 Å². The molecule has 0 bridgehead atoms. The van der Waals surface area contributed by atoms with Crippen molar-refractivity contribution in [2.75, 3.05) is 33.2 Å². The van der Waals surface area contributed by atoms with Crippen LogP contribution in [0.25, 0.3) is 0 Å². The zero-order chi connectivity index (χ0) is 17.1. The van der Waals surface area contributed by atoms with Gasteiger partial charge in [0.1, 0.15) is 0 Å². The molecule has 1 fully saturated rings. The van der Waals surface area contributed by atoms with Gasteiger partial charge in [-0.05, 0) is 12.6 Å². The quantitative estimate of drug-likeness (QED) is 0.508. The maximum absolute atomic E-state index is 10.9. The molecule has 2 heterocycles. The van der Waals surface area contributed by atoms with Crippen LogP contribution in [0.1, 0.15) is 11.3 Å². The summed E-state index contributed by atoms with van der Waals surface area (Å²) >= 11 is 4.44. The smallest absolute Gasteiger partial charge is 0.269 e. The summed E-state index contributed by atoms with van der Waals surface area (Å²) in [5.41, 5.74) is 2.06. The summed E-state index contributed by atoms with van der Waals surface area (Å²) in [5, 5.41) is 11.6. The molecule has 0 aliphatic carbocycles. The van der Waals surface area contributed by atoms with E-state index in [-0.39, 0.29) is 10.6 Å². The largest absolute Gasteiger partial charge is 0.318 e. The van der Waals surface area contributed by atoms with Crippen molar-refractivity contribution in [1.82, 2.24) is 19.4 Å². The lowest BCUT2D eigenvalue weighted by atomic mass is 10.2. The van der Waals surface area contributed by atoms with Crippen LogP contribution in [-0.4, -0.2) is 57.5 Å². The average molecular weight is 347 g/mol. The van der Waals surface area contributed by atoms with Crippen molar-refractivity contribution in [3.63, 3.8) is 0 Å². The minimum atomic E-state index is -0.371. The molecule has 24 heavy (non-hydrogen) atoms. The van der Waals surface area contributed by atoms with Gasteiger partial charge >= 0.3 is 0 Å². The number of piperazine rings is 1. The summed E-state index contributed by atoms with van der Waals surface area (Å²) in [6, 6.07) is 6.71. The van der Waals surface area contributed by atoms with Crippen LogP contribution in [-0.2, 0) is 13.1 Å². The fraction of sp³-hybridized carbons (Fsp3) is 0.438. The van der Waals surface area contributed by atoms with Crippen LogP contribution in [0.3, 0.4) is 0 Å². The Morgan fingerprint density at radius 3 is 2.71 bits per heavy atom. The number of hydrogen-bond donors (Lipinski definition) is 1. The molecule has 0 spiro atoms. The second-order valence-electron chi connectivity index (χ2n) is 6.14. The standard InChI is InChI=1S/C16H21N5O2S/c1-18-5-7-19(8-6-18)12-15-10-17-16(24)20(15)11-13-3-2-4-14(9-13)21(22)23/h2-4,9-10H,5-8,11-12H2,1H3,(H,17,24). The predicted octanol–water partition coefficient (Wildman–Crippen LogP) is 1.88. The molecule has 0 unspecified atom stereocenters. The first-order valence-electron chi connectivity index (χ1n) is 7.90. The Morgan fingerprint density at radius 2 is 2.00 bits per heavy atom. The zero-order valence-corrected chi connectivity index (χ0v) is 14.5. The number of nitro groups is 1. The highest BCUT2D eigenvalue weighted by molar-refractivity contribution is 7.80. The van der Waals surface area contributed by atoms with Gasteiger partial charge < -0.3 is 9.47 Å². The Balaban J connectivity index is 1.75. The monoisotopic (exact) mass is 347 g/mol. The molecule has 2 aromatic rings. The van der Waals surface area contributed by atoms with Gasteiger partial charge in [-0.15, -0.1) is 12.6 Å². The molecule has 1 aromatic heterocycles. The van der Waals surface area contributed by atoms with Crippen molar-refractivity contribution in [1.29, 1.82) is 0 Å². The number of benzene rings is 1. The Bertz CT molecular complexity index is 725. The third-order valence-corrected chi connectivity index (χ3v) is 4.72. The number of aromatic nitrogens is 2. The Hall–Kier alpha value is -1.90. The van der Waals surface area contributed by atoms with Gasteiger partial charge in [-0.2, -0.15) is 0 Å². The molecule has 0 atom stereocenters. The normalized spacial score (nSPS) is 16.4. The number of imidazole rings is 1. The first-order chi connectivity index (χ1) is 11.5. The molecule has 128 valence electrons. The number of rotatable bonds is 5. The molecular weight excluding hydrogens is 326 g/mol. The van der Waals surface area contributed by atoms with E-state index in [1.54, 1.807) is 12.1 Å². The summed E-state index contributed by atoms with van der Waals surface area (Å²) in [7, 11) is 2.13. The maximum Gasteiger partial charge on any atom is 0.269 e. The van der Waals surface area contributed by atoms with Gasteiger partial charge in [0.05, 0.1) is 23.4 Å². The molecule has 7 nitrogen and oxygen atoms in total. The van der Waals surface area contributed by atoms with E-state index in [1.165, 1.54) is 6.07 Å². The van der Waals surface area contributed by atoms with Crippen molar-refractivity contribution in [2.24, 2.45) is 0 Å². The number of nitrogens with zero attached hydrogens (tertiary/aromatic N) is 5. The summed E-state index contributed by atoms with van der Waals surface area (Å²) in [6.45, 7) is 5.53. The lowest BCUT2D eigenvalue weighted by Crippen LogP contribution is -2.44. The number of likely N-dealkylation sites (N-methyl/N-ethyl adjacent to an activating group) is 1. The van der Waals surface area contributed by atoms with E-state index in [9.17, 15) is 10.1 Å². The second kappa shape index (κ2) is 7.33. The van der Waals surface area contributed by atoms with Crippen molar-refractivity contribution in [3.8, 4) is 0 Å². The first kappa shape index (κ1) is 16.9. The van der Waals surface area contributed by atoms with Gasteiger partial charge in [0.15, 0.2) is 5.16 Å².